The maximum Gasteiger partial charge on any atom is 0.325 e. The third kappa shape index (κ3) is 2.99. The minimum atomic E-state index is -0.204. The third-order valence-electron chi connectivity index (χ3n) is 1.70. The Kier molecular flexibility index (Phi) is 4.39. The molecule has 1 aromatic rings. The van der Waals surface area contributed by atoms with Crippen molar-refractivity contribution in [2.75, 3.05) is 24.6 Å². The molecule has 0 aliphatic rings. The van der Waals surface area contributed by atoms with Gasteiger partial charge in [-0.1, -0.05) is 0 Å². The first kappa shape index (κ1) is 11.0. The Labute approximate surface area is 87.5 Å². The van der Waals surface area contributed by atoms with E-state index in [0.29, 0.717) is 6.61 Å². The Morgan fingerprint density at radius 3 is 2.93 bits per heavy atom. The van der Waals surface area contributed by atoms with E-state index in [4.69, 9.17) is 4.74 Å². The average Bonchev–Trinajstić information content (AvgIpc) is 2.67. The molecule has 4 nitrogen and oxygen atoms in total. The predicted octanol–water partition coefficient (Wildman–Crippen LogP) is 1.53. The number of nitrogens with zero attached hydrogens (tertiary/aromatic N) is 2. The maximum absolute atomic E-state index is 11.2. The van der Waals surface area contributed by atoms with Gasteiger partial charge in [-0.2, -0.15) is 0 Å². The van der Waals surface area contributed by atoms with Gasteiger partial charge in [0.05, 0.1) is 6.61 Å². The van der Waals surface area contributed by atoms with E-state index in [9.17, 15) is 4.79 Å². The molecule has 0 unspecified atom stereocenters. The van der Waals surface area contributed by atoms with Crippen molar-refractivity contribution in [3.63, 3.8) is 0 Å². The average molecular weight is 214 g/mol. The maximum atomic E-state index is 11.2. The second-order valence-electron chi connectivity index (χ2n) is 2.63. The van der Waals surface area contributed by atoms with E-state index in [-0.39, 0.29) is 12.5 Å². The monoisotopic (exact) mass is 214 g/mol. The number of esters is 1. The number of carbonyl (C=O) groups excluding carboxylic acids is 1. The van der Waals surface area contributed by atoms with Crippen molar-refractivity contribution in [1.29, 1.82) is 0 Å². The minimum Gasteiger partial charge on any atom is -0.465 e. The number of hydrogen-bond acceptors (Lipinski definition) is 5. The highest BCUT2D eigenvalue weighted by Gasteiger charge is 2.11. The Hall–Kier alpha value is -1.10. The SMILES string of the molecule is CCOC(=O)CN(CC)c1nccs1. The molecule has 1 rings (SSSR count). The number of rotatable bonds is 5. The molecule has 0 atom stereocenters. The lowest BCUT2D eigenvalue weighted by Gasteiger charge is -2.17. The van der Waals surface area contributed by atoms with E-state index >= 15 is 0 Å². The van der Waals surface area contributed by atoms with Gasteiger partial charge in [0.25, 0.3) is 0 Å². The molecule has 0 bridgehead atoms. The molecule has 5 heteroatoms. The van der Waals surface area contributed by atoms with Crippen molar-refractivity contribution >= 4 is 22.4 Å². The molecule has 78 valence electrons. The zero-order chi connectivity index (χ0) is 10.4. The highest BCUT2D eigenvalue weighted by atomic mass is 32.1. The first-order valence-corrected chi connectivity index (χ1v) is 5.46. The summed E-state index contributed by atoms with van der Waals surface area (Å²) in [5.74, 6) is -0.204. The Bertz CT molecular complexity index is 274. The van der Waals surface area contributed by atoms with Crippen molar-refractivity contribution < 1.29 is 9.53 Å². The number of thiazole rings is 1. The van der Waals surface area contributed by atoms with Crippen LogP contribution in [0.2, 0.25) is 0 Å². The van der Waals surface area contributed by atoms with Crippen LogP contribution in [0.1, 0.15) is 13.8 Å². The second kappa shape index (κ2) is 5.59. The molecule has 0 amide bonds. The third-order valence-corrected chi connectivity index (χ3v) is 2.53. The van der Waals surface area contributed by atoms with Gasteiger partial charge in [-0.3, -0.25) is 4.79 Å². The predicted molar refractivity (Wildman–Crippen MR) is 56.6 cm³/mol. The molecule has 0 spiro atoms. The molecule has 1 aromatic heterocycles. The van der Waals surface area contributed by atoms with Crippen LogP contribution in [-0.4, -0.2) is 30.6 Å². The molecule has 0 aromatic carbocycles. The molecular weight excluding hydrogens is 200 g/mol. The number of carbonyl (C=O) groups is 1. The molecule has 0 aliphatic carbocycles. The largest absolute Gasteiger partial charge is 0.465 e. The van der Waals surface area contributed by atoms with Gasteiger partial charge >= 0.3 is 5.97 Å². The smallest absolute Gasteiger partial charge is 0.325 e. The van der Waals surface area contributed by atoms with E-state index in [0.717, 1.165) is 11.7 Å². The van der Waals surface area contributed by atoms with Crippen LogP contribution in [0, 0.1) is 0 Å². The zero-order valence-electron chi connectivity index (χ0n) is 8.40. The van der Waals surface area contributed by atoms with Crippen LogP contribution in [0.3, 0.4) is 0 Å². The summed E-state index contributed by atoms with van der Waals surface area (Å²) in [7, 11) is 0. The van der Waals surface area contributed by atoms with Crippen LogP contribution in [0.15, 0.2) is 11.6 Å². The highest BCUT2D eigenvalue weighted by molar-refractivity contribution is 7.13. The summed E-state index contributed by atoms with van der Waals surface area (Å²) in [5, 5.41) is 2.75. The summed E-state index contributed by atoms with van der Waals surface area (Å²) < 4.78 is 4.87. The van der Waals surface area contributed by atoms with Gasteiger partial charge < -0.3 is 9.64 Å². The molecule has 0 saturated heterocycles. The standard InChI is InChI=1S/C9H14N2O2S/c1-3-11(7-8(12)13-4-2)9-10-5-6-14-9/h5-6H,3-4,7H2,1-2H3. The molecule has 0 N–H and O–H groups in total. The first-order valence-electron chi connectivity index (χ1n) is 4.58. The molecule has 14 heavy (non-hydrogen) atoms. The quantitative estimate of drug-likeness (QED) is 0.697. The van der Waals surface area contributed by atoms with Crippen LogP contribution in [0.5, 0.6) is 0 Å². The zero-order valence-corrected chi connectivity index (χ0v) is 9.21. The lowest BCUT2D eigenvalue weighted by molar-refractivity contribution is -0.141. The number of ether oxygens (including phenoxy) is 1. The number of aromatic nitrogens is 1. The van der Waals surface area contributed by atoms with Crippen LogP contribution in [0.25, 0.3) is 0 Å². The van der Waals surface area contributed by atoms with Crippen molar-refractivity contribution in [2.24, 2.45) is 0 Å². The first-order chi connectivity index (χ1) is 6.77. The van der Waals surface area contributed by atoms with Crippen molar-refractivity contribution in [1.82, 2.24) is 4.98 Å². The molecular formula is C9H14N2O2S. The normalized spacial score (nSPS) is 9.86. The topological polar surface area (TPSA) is 42.4 Å². The summed E-state index contributed by atoms with van der Waals surface area (Å²) in [4.78, 5) is 17.2. The van der Waals surface area contributed by atoms with Gasteiger partial charge in [0.1, 0.15) is 6.54 Å². The minimum absolute atomic E-state index is 0.204. The fourth-order valence-corrected chi connectivity index (χ4v) is 1.76. The fraction of sp³-hybridized carbons (Fsp3) is 0.556. The molecule has 0 radical (unpaired) electrons. The Morgan fingerprint density at radius 1 is 1.64 bits per heavy atom. The van der Waals surface area contributed by atoms with Gasteiger partial charge in [-0.25, -0.2) is 4.98 Å². The number of hydrogen-bond donors (Lipinski definition) is 0. The molecule has 0 fully saturated rings. The highest BCUT2D eigenvalue weighted by Crippen LogP contribution is 2.16. The van der Waals surface area contributed by atoms with Gasteiger partial charge in [-0.15, -0.1) is 11.3 Å². The van der Waals surface area contributed by atoms with Gasteiger partial charge in [0.2, 0.25) is 0 Å². The van der Waals surface area contributed by atoms with Gasteiger partial charge in [0.15, 0.2) is 5.13 Å². The van der Waals surface area contributed by atoms with E-state index in [2.05, 4.69) is 4.98 Å². The summed E-state index contributed by atoms with van der Waals surface area (Å²) in [5.41, 5.74) is 0. The van der Waals surface area contributed by atoms with Crippen LogP contribution in [0.4, 0.5) is 5.13 Å². The van der Waals surface area contributed by atoms with Crippen LogP contribution >= 0.6 is 11.3 Å². The number of likely N-dealkylation sites (N-methyl/N-ethyl adjacent to an activating group) is 1. The molecule has 0 saturated carbocycles. The molecule has 0 aliphatic heterocycles. The van der Waals surface area contributed by atoms with E-state index < -0.39 is 0 Å². The van der Waals surface area contributed by atoms with Crippen LogP contribution < -0.4 is 4.90 Å². The van der Waals surface area contributed by atoms with E-state index in [1.807, 2.05) is 17.2 Å². The summed E-state index contributed by atoms with van der Waals surface area (Å²) in [6, 6.07) is 0. The van der Waals surface area contributed by atoms with Gasteiger partial charge in [0, 0.05) is 18.1 Å². The van der Waals surface area contributed by atoms with Crippen molar-refractivity contribution in [3.8, 4) is 0 Å². The Balaban J connectivity index is 2.51. The van der Waals surface area contributed by atoms with E-state index in [1.54, 1.807) is 13.1 Å². The summed E-state index contributed by atoms with van der Waals surface area (Å²) in [6.07, 6.45) is 1.73. The lowest BCUT2D eigenvalue weighted by atomic mass is 10.5. The fourth-order valence-electron chi connectivity index (χ4n) is 1.05. The summed E-state index contributed by atoms with van der Waals surface area (Å²) >= 11 is 1.52. The van der Waals surface area contributed by atoms with Crippen LogP contribution in [-0.2, 0) is 9.53 Å². The summed E-state index contributed by atoms with van der Waals surface area (Å²) in [6.45, 7) is 5.25. The van der Waals surface area contributed by atoms with Gasteiger partial charge in [-0.05, 0) is 13.8 Å². The lowest BCUT2D eigenvalue weighted by Crippen LogP contribution is -2.30. The van der Waals surface area contributed by atoms with E-state index in [1.165, 1.54) is 11.3 Å². The van der Waals surface area contributed by atoms with Crippen molar-refractivity contribution in [2.45, 2.75) is 13.8 Å². The number of anilines is 1. The van der Waals surface area contributed by atoms with Crippen molar-refractivity contribution in [3.05, 3.63) is 11.6 Å². The Morgan fingerprint density at radius 2 is 2.43 bits per heavy atom. The molecule has 1 heterocycles. The second-order valence-corrected chi connectivity index (χ2v) is 3.51.